The molecule has 1 atom stereocenters. The molecule has 0 aromatic heterocycles. The van der Waals surface area contributed by atoms with Crippen molar-refractivity contribution in [2.75, 3.05) is 25.5 Å². The second kappa shape index (κ2) is 11.1. The minimum Gasteiger partial charge on any atom is -0.496 e. The molecule has 0 aliphatic carbocycles. The Morgan fingerprint density at radius 3 is 2.65 bits per heavy atom. The minimum absolute atomic E-state index is 0.127. The first-order valence-corrected chi connectivity index (χ1v) is 11.7. The fourth-order valence-electron chi connectivity index (χ4n) is 4.23. The van der Waals surface area contributed by atoms with Crippen LogP contribution >= 0.6 is 11.6 Å². The number of benzene rings is 3. The SMILES string of the molecule is COc1ccccc1CNC(=O)c1cccc([C@H]2CCCN(C(=O)Nc3ccc(Cl)cc3)C2)c1. The number of rotatable bonds is 6. The molecule has 1 saturated heterocycles. The van der Waals surface area contributed by atoms with Crippen LogP contribution in [0.2, 0.25) is 5.02 Å². The van der Waals surface area contributed by atoms with Gasteiger partial charge in [-0.05, 0) is 60.9 Å². The highest BCUT2D eigenvalue weighted by Crippen LogP contribution is 2.28. The Balaban J connectivity index is 1.38. The topological polar surface area (TPSA) is 70.7 Å². The van der Waals surface area contributed by atoms with Gasteiger partial charge in [-0.15, -0.1) is 0 Å². The molecule has 2 N–H and O–H groups in total. The van der Waals surface area contributed by atoms with Crippen molar-refractivity contribution >= 4 is 29.2 Å². The second-order valence-electron chi connectivity index (χ2n) is 8.34. The maximum absolute atomic E-state index is 12.8. The van der Waals surface area contributed by atoms with Gasteiger partial charge in [0, 0.05) is 47.4 Å². The Morgan fingerprint density at radius 1 is 1.06 bits per heavy atom. The number of amides is 3. The van der Waals surface area contributed by atoms with E-state index in [-0.39, 0.29) is 17.9 Å². The Bertz CT molecular complexity index is 1150. The lowest BCUT2D eigenvalue weighted by molar-refractivity contribution is 0.0950. The van der Waals surface area contributed by atoms with Gasteiger partial charge in [0.05, 0.1) is 7.11 Å². The number of carbonyl (C=O) groups is 2. The standard InChI is InChI=1S/C27H28ClN3O3/c1-34-25-10-3-2-6-21(25)17-29-26(32)20-8-4-7-19(16-20)22-9-5-15-31(18-22)27(33)30-24-13-11-23(28)12-14-24/h2-4,6-8,10-14,16,22H,5,9,15,17-18H2,1H3,(H,29,32)(H,30,33)/t22-/m0/s1. The van der Waals surface area contributed by atoms with E-state index in [4.69, 9.17) is 16.3 Å². The summed E-state index contributed by atoms with van der Waals surface area (Å²) in [6.45, 7) is 1.69. The molecule has 1 fully saturated rings. The van der Waals surface area contributed by atoms with Crippen molar-refractivity contribution in [2.24, 2.45) is 0 Å². The molecule has 34 heavy (non-hydrogen) atoms. The molecular weight excluding hydrogens is 450 g/mol. The third-order valence-corrected chi connectivity index (χ3v) is 6.31. The molecular formula is C27H28ClN3O3. The van der Waals surface area contributed by atoms with Crippen molar-refractivity contribution < 1.29 is 14.3 Å². The van der Waals surface area contributed by atoms with E-state index in [0.29, 0.717) is 35.9 Å². The molecule has 0 bridgehead atoms. The van der Waals surface area contributed by atoms with Crippen LogP contribution in [0.5, 0.6) is 5.75 Å². The van der Waals surface area contributed by atoms with Gasteiger partial charge in [0.1, 0.15) is 5.75 Å². The molecule has 0 radical (unpaired) electrons. The van der Waals surface area contributed by atoms with Crippen LogP contribution in [0, 0.1) is 0 Å². The Labute approximate surface area is 204 Å². The number of para-hydroxylation sites is 1. The summed E-state index contributed by atoms with van der Waals surface area (Å²) >= 11 is 5.93. The number of piperidine rings is 1. The zero-order chi connectivity index (χ0) is 23.9. The molecule has 176 valence electrons. The molecule has 0 spiro atoms. The summed E-state index contributed by atoms with van der Waals surface area (Å²) in [5.74, 6) is 0.781. The molecule has 3 aromatic carbocycles. The number of nitrogens with one attached hydrogen (secondary N) is 2. The third kappa shape index (κ3) is 5.88. The molecule has 3 aromatic rings. The van der Waals surface area contributed by atoms with Gasteiger partial charge in [-0.2, -0.15) is 0 Å². The number of urea groups is 1. The zero-order valence-corrected chi connectivity index (χ0v) is 19.8. The summed E-state index contributed by atoms with van der Waals surface area (Å²) < 4.78 is 5.36. The van der Waals surface area contributed by atoms with Gasteiger partial charge in [0.15, 0.2) is 0 Å². The number of methoxy groups -OCH3 is 1. The monoisotopic (exact) mass is 477 g/mol. The van der Waals surface area contributed by atoms with Gasteiger partial charge in [0.2, 0.25) is 0 Å². The number of carbonyl (C=O) groups excluding carboxylic acids is 2. The van der Waals surface area contributed by atoms with Crippen LogP contribution in [-0.2, 0) is 6.54 Å². The number of anilines is 1. The lowest BCUT2D eigenvalue weighted by Crippen LogP contribution is -2.41. The van der Waals surface area contributed by atoms with Crippen molar-refractivity contribution in [3.8, 4) is 5.75 Å². The zero-order valence-electron chi connectivity index (χ0n) is 19.1. The van der Waals surface area contributed by atoms with Crippen LogP contribution in [0.15, 0.2) is 72.8 Å². The summed E-state index contributed by atoms with van der Waals surface area (Å²) in [4.78, 5) is 27.4. The average molecular weight is 478 g/mol. The summed E-state index contributed by atoms with van der Waals surface area (Å²) in [5, 5.41) is 6.54. The van der Waals surface area contributed by atoms with Crippen molar-refractivity contribution in [3.05, 3.63) is 94.5 Å². The van der Waals surface area contributed by atoms with E-state index < -0.39 is 0 Å². The van der Waals surface area contributed by atoms with Crippen molar-refractivity contribution in [1.82, 2.24) is 10.2 Å². The smallest absolute Gasteiger partial charge is 0.321 e. The Morgan fingerprint density at radius 2 is 1.85 bits per heavy atom. The van der Waals surface area contributed by atoms with Crippen LogP contribution in [-0.4, -0.2) is 37.0 Å². The van der Waals surface area contributed by atoms with Crippen LogP contribution in [0.1, 0.15) is 40.2 Å². The van der Waals surface area contributed by atoms with Gasteiger partial charge < -0.3 is 20.3 Å². The molecule has 1 aliphatic heterocycles. The fraction of sp³-hybridized carbons (Fsp3) is 0.259. The highest BCUT2D eigenvalue weighted by molar-refractivity contribution is 6.30. The van der Waals surface area contributed by atoms with Gasteiger partial charge in [0.25, 0.3) is 5.91 Å². The summed E-state index contributed by atoms with van der Waals surface area (Å²) in [5.41, 5.74) is 3.30. The number of halogens is 1. The first-order valence-electron chi connectivity index (χ1n) is 11.3. The predicted octanol–water partition coefficient (Wildman–Crippen LogP) is 5.69. The van der Waals surface area contributed by atoms with Gasteiger partial charge in [-0.3, -0.25) is 4.79 Å². The van der Waals surface area contributed by atoms with E-state index >= 15 is 0 Å². The maximum Gasteiger partial charge on any atom is 0.321 e. The van der Waals surface area contributed by atoms with Crippen molar-refractivity contribution in [3.63, 3.8) is 0 Å². The van der Waals surface area contributed by atoms with Gasteiger partial charge >= 0.3 is 6.03 Å². The van der Waals surface area contributed by atoms with E-state index in [0.717, 1.165) is 29.7 Å². The van der Waals surface area contributed by atoms with Gasteiger partial charge in [-0.25, -0.2) is 4.79 Å². The van der Waals surface area contributed by atoms with E-state index in [9.17, 15) is 9.59 Å². The van der Waals surface area contributed by atoms with Crippen LogP contribution in [0.3, 0.4) is 0 Å². The Hall–Kier alpha value is -3.51. The predicted molar refractivity (Wildman–Crippen MR) is 135 cm³/mol. The lowest BCUT2D eigenvalue weighted by atomic mass is 9.89. The highest BCUT2D eigenvalue weighted by Gasteiger charge is 2.25. The second-order valence-corrected chi connectivity index (χ2v) is 8.78. The number of hydrogen-bond acceptors (Lipinski definition) is 3. The first-order chi connectivity index (χ1) is 16.5. The Kier molecular flexibility index (Phi) is 7.70. The number of nitrogens with zero attached hydrogens (tertiary/aromatic N) is 1. The third-order valence-electron chi connectivity index (χ3n) is 6.06. The average Bonchev–Trinajstić information content (AvgIpc) is 2.89. The fourth-order valence-corrected chi connectivity index (χ4v) is 4.36. The molecule has 4 rings (SSSR count). The summed E-state index contributed by atoms with van der Waals surface area (Å²) in [6.07, 6.45) is 1.87. The molecule has 0 unspecified atom stereocenters. The van der Waals surface area contributed by atoms with Crippen molar-refractivity contribution in [2.45, 2.75) is 25.3 Å². The number of ether oxygens (including phenoxy) is 1. The van der Waals surface area contributed by atoms with E-state index in [1.807, 2.05) is 53.4 Å². The number of hydrogen-bond donors (Lipinski definition) is 2. The molecule has 3 amide bonds. The molecule has 0 saturated carbocycles. The normalized spacial score (nSPS) is 15.5. The van der Waals surface area contributed by atoms with Crippen LogP contribution in [0.25, 0.3) is 0 Å². The maximum atomic E-state index is 12.8. The van der Waals surface area contributed by atoms with Crippen molar-refractivity contribution in [1.29, 1.82) is 0 Å². The van der Waals surface area contributed by atoms with Crippen LogP contribution < -0.4 is 15.4 Å². The number of likely N-dealkylation sites (tertiary alicyclic amines) is 1. The molecule has 7 heteroatoms. The molecule has 1 heterocycles. The summed E-state index contributed by atoms with van der Waals surface area (Å²) in [7, 11) is 1.62. The minimum atomic E-state index is -0.138. The van der Waals surface area contributed by atoms with E-state index in [1.165, 1.54) is 0 Å². The quantitative estimate of drug-likeness (QED) is 0.479. The first kappa shape index (κ1) is 23.6. The molecule has 1 aliphatic rings. The van der Waals surface area contributed by atoms with E-state index in [2.05, 4.69) is 10.6 Å². The largest absolute Gasteiger partial charge is 0.496 e. The molecule has 6 nitrogen and oxygen atoms in total. The van der Waals surface area contributed by atoms with E-state index in [1.54, 1.807) is 31.4 Å². The van der Waals surface area contributed by atoms with Gasteiger partial charge in [-0.1, -0.05) is 41.9 Å². The van der Waals surface area contributed by atoms with Crippen LogP contribution in [0.4, 0.5) is 10.5 Å². The lowest BCUT2D eigenvalue weighted by Gasteiger charge is -2.33. The summed E-state index contributed by atoms with van der Waals surface area (Å²) in [6, 6.07) is 22.3. The highest BCUT2D eigenvalue weighted by atomic mass is 35.5.